The fraction of sp³-hybridized carbons (Fsp3) is 0.240. The van der Waals surface area contributed by atoms with Crippen LogP contribution in [0.2, 0.25) is 0 Å². The molecule has 0 saturated carbocycles. The number of imidazole rings is 1. The SMILES string of the molecule is CC(=O)N1c2ccc(-c3ccc4c(c3)n(C)c(=O)n4C)cc2N(C(=O)c2ccco2)C[C@@H]1C. The number of hydrogen-bond acceptors (Lipinski definition) is 4. The molecule has 2 amide bonds. The normalized spacial score (nSPS) is 15.7. The van der Waals surface area contributed by atoms with Crippen molar-refractivity contribution in [3.8, 4) is 11.1 Å². The molecule has 0 N–H and O–H groups in total. The van der Waals surface area contributed by atoms with Crippen LogP contribution in [0.15, 0.2) is 64.0 Å². The number of aromatic nitrogens is 2. The van der Waals surface area contributed by atoms with Crippen molar-refractivity contribution in [2.75, 3.05) is 16.3 Å². The molecule has 0 radical (unpaired) electrons. The second-order valence-corrected chi connectivity index (χ2v) is 8.44. The molecule has 5 rings (SSSR count). The molecular formula is C25H24N4O4. The predicted molar refractivity (Wildman–Crippen MR) is 127 cm³/mol. The second kappa shape index (κ2) is 7.51. The zero-order valence-corrected chi connectivity index (χ0v) is 18.9. The summed E-state index contributed by atoms with van der Waals surface area (Å²) >= 11 is 0. The number of anilines is 2. The third-order valence-corrected chi connectivity index (χ3v) is 6.33. The predicted octanol–water partition coefficient (Wildman–Crippen LogP) is 3.54. The van der Waals surface area contributed by atoms with Gasteiger partial charge in [-0.25, -0.2) is 4.79 Å². The number of amides is 2. The van der Waals surface area contributed by atoms with E-state index in [9.17, 15) is 14.4 Å². The molecule has 0 fully saturated rings. The first-order chi connectivity index (χ1) is 15.8. The standard InChI is InChI=1S/C25H24N4O4/c1-15-14-28(24(31)23-6-5-11-33-23)22-13-18(8-10-20(22)29(15)16(2)30)17-7-9-19-21(12-17)27(4)25(32)26(19)3/h5-13,15H,14H2,1-4H3/t15-/m0/s1. The molecule has 4 aromatic rings. The maximum atomic E-state index is 13.2. The minimum absolute atomic E-state index is 0.0812. The summed E-state index contributed by atoms with van der Waals surface area (Å²) in [6.07, 6.45) is 1.47. The van der Waals surface area contributed by atoms with Crippen molar-refractivity contribution in [2.24, 2.45) is 14.1 Å². The zero-order valence-electron chi connectivity index (χ0n) is 18.9. The van der Waals surface area contributed by atoms with Crippen LogP contribution in [0.4, 0.5) is 11.4 Å². The van der Waals surface area contributed by atoms with Gasteiger partial charge in [-0.15, -0.1) is 0 Å². The number of rotatable bonds is 2. The van der Waals surface area contributed by atoms with E-state index >= 15 is 0 Å². The summed E-state index contributed by atoms with van der Waals surface area (Å²) in [6, 6.07) is 14.7. The highest BCUT2D eigenvalue weighted by Crippen LogP contribution is 2.40. The van der Waals surface area contributed by atoms with E-state index < -0.39 is 0 Å². The van der Waals surface area contributed by atoms with Gasteiger partial charge in [0.25, 0.3) is 5.91 Å². The van der Waals surface area contributed by atoms with Gasteiger partial charge < -0.3 is 14.2 Å². The van der Waals surface area contributed by atoms with Crippen LogP contribution in [0.3, 0.4) is 0 Å². The van der Waals surface area contributed by atoms with Crippen molar-refractivity contribution in [2.45, 2.75) is 19.9 Å². The number of hydrogen-bond donors (Lipinski definition) is 0. The second-order valence-electron chi connectivity index (χ2n) is 8.44. The van der Waals surface area contributed by atoms with Gasteiger partial charge in [0.1, 0.15) is 0 Å². The molecule has 1 atom stereocenters. The van der Waals surface area contributed by atoms with Gasteiger partial charge >= 0.3 is 5.69 Å². The van der Waals surface area contributed by atoms with Crippen LogP contribution in [-0.2, 0) is 18.9 Å². The van der Waals surface area contributed by atoms with E-state index in [2.05, 4.69) is 0 Å². The summed E-state index contributed by atoms with van der Waals surface area (Å²) in [5, 5.41) is 0. The lowest BCUT2D eigenvalue weighted by atomic mass is 10.00. The summed E-state index contributed by atoms with van der Waals surface area (Å²) in [5.41, 5.74) is 4.68. The number of carbonyl (C=O) groups is 2. The summed E-state index contributed by atoms with van der Waals surface area (Å²) in [7, 11) is 3.50. The van der Waals surface area contributed by atoms with E-state index in [1.165, 1.54) is 13.2 Å². The Bertz CT molecular complexity index is 1460. The molecular weight excluding hydrogens is 420 g/mol. The quantitative estimate of drug-likeness (QED) is 0.474. The molecule has 8 heteroatoms. The summed E-state index contributed by atoms with van der Waals surface area (Å²) in [4.78, 5) is 41.4. The topological polar surface area (TPSA) is 80.7 Å². The van der Waals surface area contributed by atoms with Crippen molar-refractivity contribution in [3.05, 3.63) is 71.0 Å². The average molecular weight is 444 g/mol. The number of nitrogens with zero attached hydrogens (tertiary/aromatic N) is 4. The van der Waals surface area contributed by atoms with Gasteiger partial charge in [-0.3, -0.25) is 18.7 Å². The Morgan fingerprint density at radius 3 is 2.33 bits per heavy atom. The molecule has 168 valence electrons. The first kappa shape index (κ1) is 20.8. The molecule has 0 saturated heterocycles. The van der Waals surface area contributed by atoms with Gasteiger partial charge in [-0.1, -0.05) is 12.1 Å². The molecule has 1 aliphatic heterocycles. The van der Waals surface area contributed by atoms with Crippen LogP contribution >= 0.6 is 0 Å². The van der Waals surface area contributed by atoms with E-state index in [-0.39, 0.29) is 29.3 Å². The van der Waals surface area contributed by atoms with Crippen LogP contribution in [0.25, 0.3) is 22.2 Å². The fourth-order valence-corrected chi connectivity index (χ4v) is 4.70. The molecule has 3 heterocycles. The van der Waals surface area contributed by atoms with Crippen molar-refractivity contribution < 1.29 is 14.0 Å². The minimum Gasteiger partial charge on any atom is -0.459 e. The number of fused-ring (bicyclic) bond motifs is 2. The third kappa shape index (κ3) is 3.17. The number of aryl methyl sites for hydroxylation is 2. The monoisotopic (exact) mass is 444 g/mol. The highest BCUT2D eigenvalue weighted by Gasteiger charge is 2.35. The Morgan fingerprint density at radius 1 is 0.939 bits per heavy atom. The van der Waals surface area contributed by atoms with Crippen LogP contribution in [0.5, 0.6) is 0 Å². The average Bonchev–Trinajstić information content (AvgIpc) is 3.42. The number of carbonyl (C=O) groups excluding carboxylic acids is 2. The van der Waals surface area contributed by atoms with Crippen LogP contribution < -0.4 is 15.5 Å². The molecule has 0 bridgehead atoms. The van der Waals surface area contributed by atoms with Crippen molar-refractivity contribution in [3.63, 3.8) is 0 Å². The summed E-state index contributed by atoms with van der Waals surface area (Å²) < 4.78 is 8.58. The largest absolute Gasteiger partial charge is 0.459 e. The Hall–Kier alpha value is -4.07. The van der Waals surface area contributed by atoms with Crippen molar-refractivity contribution in [1.82, 2.24) is 9.13 Å². The summed E-state index contributed by atoms with van der Waals surface area (Å²) in [5.74, 6) is -0.0906. The van der Waals surface area contributed by atoms with E-state index in [1.807, 2.05) is 43.3 Å². The molecule has 8 nitrogen and oxygen atoms in total. The number of benzene rings is 2. The van der Waals surface area contributed by atoms with Gasteiger partial charge in [-0.05, 0) is 54.4 Å². The van der Waals surface area contributed by atoms with Crippen molar-refractivity contribution in [1.29, 1.82) is 0 Å². The first-order valence-corrected chi connectivity index (χ1v) is 10.7. The molecule has 0 aliphatic carbocycles. The lowest BCUT2D eigenvalue weighted by Gasteiger charge is -2.40. The molecule has 1 aliphatic rings. The minimum atomic E-state index is -0.255. The van der Waals surface area contributed by atoms with Crippen molar-refractivity contribution >= 4 is 34.2 Å². The summed E-state index contributed by atoms with van der Waals surface area (Å²) in [6.45, 7) is 3.80. The molecule has 2 aromatic carbocycles. The van der Waals surface area contributed by atoms with Gasteiger partial charge in [-0.2, -0.15) is 0 Å². The van der Waals surface area contributed by atoms with E-state index in [4.69, 9.17) is 4.42 Å². The fourth-order valence-electron chi connectivity index (χ4n) is 4.70. The van der Waals surface area contributed by atoms with E-state index in [0.29, 0.717) is 17.9 Å². The number of furan rings is 1. The Morgan fingerprint density at radius 2 is 1.64 bits per heavy atom. The maximum Gasteiger partial charge on any atom is 0.328 e. The van der Waals surface area contributed by atoms with Crippen LogP contribution in [0, 0.1) is 0 Å². The lowest BCUT2D eigenvalue weighted by Crippen LogP contribution is -2.51. The van der Waals surface area contributed by atoms with Gasteiger partial charge in [0, 0.05) is 27.6 Å². The molecule has 0 unspecified atom stereocenters. The van der Waals surface area contributed by atoms with Gasteiger partial charge in [0.15, 0.2) is 5.76 Å². The zero-order chi connectivity index (χ0) is 23.4. The molecule has 2 aromatic heterocycles. The Balaban J connectivity index is 1.67. The van der Waals surface area contributed by atoms with E-state index in [1.54, 1.807) is 45.2 Å². The lowest BCUT2D eigenvalue weighted by molar-refractivity contribution is -0.117. The van der Waals surface area contributed by atoms with E-state index in [0.717, 1.165) is 22.2 Å². The smallest absolute Gasteiger partial charge is 0.328 e. The van der Waals surface area contributed by atoms with Gasteiger partial charge in [0.2, 0.25) is 5.91 Å². The highest BCUT2D eigenvalue weighted by molar-refractivity contribution is 6.10. The van der Waals surface area contributed by atoms with Crippen LogP contribution in [0.1, 0.15) is 24.4 Å². The van der Waals surface area contributed by atoms with Crippen LogP contribution in [-0.4, -0.2) is 33.5 Å². The molecule has 33 heavy (non-hydrogen) atoms. The third-order valence-electron chi connectivity index (χ3n) is 6.33. The maximum absolute atomic E-state index is 13.2. The first-order valence-electron chi connectivity index (χ1n) is 10.7. The highest BCUT2D eigenvalue weighted by atomic mass is 16.3. The Labute approximate surface area is 190 Å². The van der Waals surface area contributed by atoms with Gasteiger partial charge in [0.05, 0.1) is 34.7 Å². The molecule has 0 spiro atoms. The Kier molecular flexibility index (Phi) is 4.74.